The summed E-state index contributed by atoms with van der Waals surface area (Å²) in [6.07, 6.45) is 1.73. The number of rotatable bonds is 7. The third-order valence-electron chi connectivity index (χ3n) is 5.02. The monoisotopic (exact) mass is 505 g/mol. The highest BCUT2D eigenvalue weighted by molar-refractivity contribution is 9.10. The van der Waals surface area contributed by atoms with E-state index in [1.807, 2.05) is 32.0 Å². The van der Waals surface area contributed by atoms with Crippen LogP contribution in [0, 0.1) is 24.1 Å². The average Bonchev–Trinajstić information content (AvgIpc) is 3.22. The maximum absolute atomic E-state index is 14.0. The van der Waals surface area contributed by atoms with Gasteiger partial charge in [0.15, 0.2) is 11.5 Å². The van der Waals surface area contributed by atoms with E-state index in [-0.39, 0.29) is 12.4 Å². The van der Waals surface area contributed by atoms with Gasteiger partial charge in [-0.2, -0.15) is 5.26 Å². The van der Waals surface area contributed by atoms with Crippen LogP contribution in [0.5, 0.6) is 11.5 Å². The molecule has 7 heteroatoms. The van der Waals surface area contributed by atoms with Gasteiger partial charge in [0, 0.05) is 10.0 Å². The molecular formula is C26H21BrFN3O2. The maximum Gasteiger partial charge on any atom is 0.162 e. The van der Waals surface area contributed by atoms with Gasteiger partial charge in [-0.15, -0.1) is 0 Å². The van der Waals surface area contributed by atoms with Crippen molar-refractivity contribution in [3.63, 3.8) is 0 Å². The lowest BCUT2D eigenvalue weighted by atomic mass is 10.1. The second-order valence-electron chi connectivity index (χ2n) is 7.41. The summed E-state index contributed by atoms with van der Waals surface area (Å²) in [5.41, 5.74) is 4.33. The SMILES string of the molecule is CCOc1cc(/C=C(/C#N)c2nc3ccc(C)cc3[nH]2)c(Br)cc1OCc1ccccc1F. The lowest BCUT2D eigenvalue weighted by Crippen LogP contribution is -2.02. The van der Waals surface area contributed by atoms with Gasteiger partial charge in [-0.05, 0) is 61.4 Å². The van der Waals surface area contributed by atoms with Crippen molar-refractivity contribution < 1.29 is 13.9 Å². The van der Waals surface area contributed by atoms with Crippen LogP contribution in [0.25, 0.3) is 22.7 Å². The molecule has 0 bridgehead atoms. The summed E-state index contributed by atoms with van der Waals surface area (Å²) in [5, 5.41) is 9.79. The second kappa shape index (κ2) is 9.88. The van der Waals surface area contributed by atoms with E-state index in [1.165, 1.54) is 6.07 Å². The Hall–Kier alpha value is -3.63. The van der Waals surface area contributed by atoms with E-state index in [1.54, 1.807) is 36.4 Å². The molecule has 33 heavy (non-hydrogen) atoms. The zero-order valence-corrected chi connectivity index (χ0v) is 19.7. The summed E-state index contributed by atoms with van der Waals surface area (Å²) in [6.45, 7) is 4.36. The molecule has 0 aliphatic carbocycles. The Morgan fingerprint density at radius 3 is 2.70 bits per heavy atom. The number of allylic oxidation sites excluding steroid dienone is 1. The van der Waals surface area contributed by atoms with Crippen LogP contribution in [0.2, 0.25) is 0 Å². The van der Waals surface area contributed by atoms with Gasteiger partial charge >= 0.3 is 0 Å². The molecule has 0 unspecified atom stereocenters. The van der Waals surface area contributed by atoms with Crippen LogP contribution >= 0.6 is 15.9 Å². The van der Waals surface area contributed by atoms with Gasteiger partial charge in [0.1, 0.15) is 24.3 Å². The van der Waals surface area contributed by atoms with Crippen LogP contribution < -0.4 is 9.47 Å². The minimum Gasteiger partial charge on any atom is -0.490 e. The number of halogens is 2. The smallest absolute Gasteiger partial charge is 0.162 e. The number of aryl methyl sites for hydroxylation is 1. The molecule has 4 aromatic rings. The number of imidazole rings is 1. The Kier molecular flexibility index (Phi) is 6.76. The quantitative estimate of drug-likeness (QED) is 0.280. The minimum atomic E-state index is -0.325. The fraction of sp³-hybridized carbons (Fsp3) is 0.154. The Bertz CT molecular complexity index is 1390. The second-order valence-corrected chi connectivity index (χ2v) is 8.26. The summed E-state index contributed by atoms with van der Waals surface area (Å²) in [7, 11) is 0. The number of hydrogen-bond donors (Lipinski definition) is 1. The summed E-state index contributed by atoms with van der Waals surface area (Å²) in [5.74, 6) is 1.14. The first-order valence-corrected chi connectivity index (χ1v) is 11.2. The molecule has 0 saturated heterocycles. The Balaban J connectivity index is 1.67. The molecule has 0 amide bonds. The van der Waals surface area contributed by atoms with Crippen LogP contribution in [0.15, 0.2) is 59.1 Å². The van der Waals surface area contributed by atoms with E-state index in [9.17, 15) is 9.65 Å². The number of benzene rings is 3. The van der Waals surface area contributed by atoms with Gasteiger partial charge < -0.3 is 14.5 Å². The standard InChI is InChI=1S/C26H21BrFN3O2/c1-3-32-24-12-18(20(27)13-25(24)33-15-17-6-4-5-7-21(17)28)11-19(14-29)26-30-22-9-8-16(2)10-23(22)31-26/h4-13H,3,15H2,1-2H3,(H,30,31)/b19-11-. The van der Waals surface area contributed by atoms with Gasteiger partial charge in [-0.1, -0.05) is 40.2 Å². The number of hydrogen-bond acceptors (Lipinski definition) is 4. The van der Waals surface area contributed by atoms with Crippen molar-refractivity contribution in [3.05, 3.63) is 87.4 Å². The topological polar surface area (TPSA) is 70.9 Å². The van der Waals surface area contributed by atoms with Crippen LogP contribution in [0.3, 0.4) is 0 Å². The molecule has 0 saturated carbocycles. The predicted octanol–water partition coefficient (Wildman–Crippen LogP) is 6.81. The lowest BCUT2D eigenvalue weighted by molar-refractivity contribution is 0.265. The molecule has 4 rings (SSSR count). The van der Waals surface area contributed by atoms with E-state index < -0.39 is 0 Å². The minimum absolute atomic E-state index is 0.0657. The first-order chi connectivity index (χ1) is 16.0. The fourth-order valence-corrected chi connectivity index (χ4v) is 3.81. The van der Waals surface area contributed by atoms with Gasteiger partial charge in [0.2, 0.25) is 0 Å². The van der Waals surface area contributed by atoms with E-state index in [2.05, 4.69) is 32.0 Å². The normalized spacial score (nSPS) is 11.4. The van der Waals surface area contributed by atoms with Crippen molar-refractivity contribution in [2.75, 3.05) is 6.61 Å². The average molecular weight is 506 g/mol. The van der Waals surface area contributed by atoms with Crippen LogP contribution in [0.4, 0.5) is 4.39 Å². The third kappa shape index (κ3) is 5.07. The molecule has 0 atom stereocenters. The van der Waals surface area contributed by atoms with E-state index in [4.69, 9.17) is 9.47 Å². The molecule has 1 N–H and O–H groups in total. The molecule has 0 fully saturated rings. The number of aromatic nitrogens is 2. The number of nitriles is 1. The molecule has 1 aromatic heterocycles. The molecule has 3 aromatic carbocycles. The van der Waals surface area contributed by atoms with E-state index in [0.717, 1.165) is 22.2 Å². The number of ether oxygens (including phenoxy) is 2. The molecule has 5 nitrogen and oxygen atoms in total. The lowest BCUT2D eigenvalue weighted by Gasteiger charge is -2.14. The summed E-state index contributed by atoms with van der Waals surface area (Å²) in [6, 6.07) is 18.1. The number of aromatic amines is 1. The van der Waals surface area contributed by atoms with Gasteiger partial charge in [0.25, 0.3) is 0 Å². The fourth-order valence-electron chi connectivity index (χ4n) is 3.37. The van der Waals surface area contributed by atoms with Gasteiger partial charge in [0.05, 0.1) is 23.2 Å². The molecule has 166 valence electrons. The van der Waals surface area contributed by atoms with Gasteiger partial charge in [-0.25, -0.2) is 9.37 Å². The van der Waals surface area contributed by atoms with Crippen molar-refractivity contribution in [3.8, 4) is 17.6 Å². The number of nitrogens with one attached hydrogen (secondary N) is 1. The van der Waals surface area contributed by atoms with E-state index >= 15 is 0 Å². The molecule has 0 spiro atoms. The molecule has 1 heterocycles. The number of H-pyrrole nitrogens is 1. The summed E-state index contributed by atoms with van der Waals surface area (Å²) < 4.78 is 26.3. The highest BCUT2D eigenvalue weighted by Crippen LogP contribution is 2.36. The number of nitrogens with zero attached hydrogens (tertiary/aromatic N) is 2. The van der Waals surface area contributed by atoms with Gasteiger partial charge in [-0.3, -0.25) is 0 Å². The summed E-state index contributed by atoms with van der Waals surface area (Å²) in [4.78, 5) is 7.76. The van der Waals surface area contributed by atoms with E-state index in [0.29, 0.717) is 39.5 Å². The molecule has 0 aliphatic rings. The Morgan fingerprint density at radius 2 is 1.94 bits per heavy atom. The van der Waals surface area contributed by atoms with Crippen molar-refractivity contribution in [2.45, 2.75) is 20.5 Å². The van der Waals surface area contributed by atoms with Crippen molar-refractivity contribution in [1.29, 1.82) is 5.26 Å². The van der Waals surface area contributed by atoms with Crippen LogP contribution in [-0.4, -0.2) is 16.6 Å². The first kappa shape index (κ1) is 22.6. The highest BCUT2D eigenvalue weighted by atomic mass is 79.9. The molecular weight excluding hydrogens is 485 g/mol. The van der Waals surface area contributed by atoms with Crippen LogP contribution in [-0.2, 0) is 6.61 Å². The predicted molar refractivity (Wildman–Crippen MR) is 130 cm³/mol. The molecule has 0 aliphatic heterocycles. The molecule has 0 radical (unpaired) electrons. The third-order valence-corrected chi connectivity index (χ3v) is 5.70. The maximum atomic E-state index is 14.0. The zero-order chi connectivity index (χ0) is 23.4. The Labute approximate surface area is 199 Å². The zero-order valence-electron chi connectivity index (χ0n) is 18.2. The number of fused-ring (bicyclic) bond motifs is 1. The first-order valence-electron chi connectivity index (χ1n) is 10.4. The van der Waals surface area contributed by atoms with Crippen molar-refractivity contribution >= 4 is 38.6 Å². The Morgan fingerprint density at radius 1 is 1.15 bits per heavy atom. The largest absolute Gasteiger partial charge is 0.490 e. The van der Waals surface area contributed by atoms with Crippen LogP contribution in [0.1, 0.15) is 29.4 Å². The van der Waals surface area contributed by atoms with Crippen molar-refractivity contribution in [1.82, 2.24) is 9.97 Å². The van der Waals surface area contributed by atoms with Crippen molar-refractivity contribution in [2.24, 2.45) is 0 Å². The summed E-state index contributed by atoms with van der Waals surface area (Å²) >= 11 is 3.55. The highest BCUT2D eigenvalue weighted by Gasteiger charge is 2.14.